The van der Waals surface area contributed by atoms with Gasteiger partial charge < -0.3 is 9.32 Å². The normalized spacial score (nSPS) is 13.8. The Labute approximate surface area is 176 Å². The topological polar surface area (TPSA) is 84.5 Å². The molecule has 0 radical (unpaired) electrons. The van der Waals surface area contributed by atoms with Crippen LogP contribution < -0.4 is 15.6 Å². The Kier molecular flexibility index (Phi) is 4.43. The molecule has 8 nitrogen and oxygen atoms in total. The van der Waals surface area contributed by atoms with Gasteiger partial charge >= 0.3 is 5.76 Å². The number of rotatable bonds is 3. The molecule has 0 spiro atoms. The Balaban J connectivity index is 1.44. The number of carbonyl (C=O) groups is 1. The molecule has 0 N–H and O–H groups in total. The van der Waals surface area contributed by atoms with Crippen molar-refractivity contribution in [3.63, 3.8) is 0 Å². The van der Waals surface area contributed by atoms with Crippen LogP contribution in [-0.2, 0) is 11.3 Å². The van der Waals surface area contributed by atoms with Crippen molar-refractivity contribution in [1.29, 1.82) is 0 Å². The largest absolute Gasteiger partial charge is 0.419 e. The minimum atomic E-state index is -0.510. The van der Waals surface area contributed by atoms with Crippen LogP contribution in [0.5, 0.6) is 0 Å². The Morgan fingerprint density at radius 1 is 1.10 bits per heavy atom. The summed E-state index contributed by atoms with van der Waals surface area (Å²) in [5.41, 5.74) is 2.54. The zero-order chi connectivity index (χ0) is 20.8. The number of amides is 1. The van der Waals surface area contributed by atoms with Gasteiger partial charge in [0.1, 0.15) is 0 Å². The van der Waals surface area contributed by atoms with Gasteiger partial charge in [-0.2, -0.15) is 0 Å². The third kappa shape index (κ3) is 3.09. The van der Waals surface area contributed by atoms with Gasteiger partial charge in [0.2, 0.25) is 5.91 Å². The van der Waals surface area contributed by atoms with Crippen LogP contribution in [0.1, 0.15) is 6.42 Å². The highest BCUT2D eigenvalue weighted by Gasteiger charge is 2.28. The summed E-state index contributed by atoms with van der Waals surface area (Å²) in [6.07, 6.45) is 0.134. The van der Waals surface area contributed by atoms with Crippen molar-refractivity contribution < 1.29 is 9.21 Å². The standard InChI is InChI=1S/C21H18ClN5O3/c1-25-10-11-27(20-19(25)23-14-4-2-3-5-15(14)24-20)18(28)8-9-26-16-7-6-13(22)12-17(16)30-21(26)29/h2-7,12H,8-11H2,1H3. The first-order valence-electron chi connectivity index (χ1n) is 9.58. The molecular formula is C21H18ClN5O3. The van der Waals surface area contributed by atoms with E-state index in [9.17, 15) is 9.59 Å². The summed E-state index contributed by atoms with van der Waals surface area (Å²) in [6, 6.07) is 12.6. The van der Waals surface area contributed by atoms with E-state index in [4.69, 9.17) is 21.0 Å². The van der Waals surface area contributed by atoms with Crippen molar-refractivity contribution in [2.75, 3.05) is 29.9 Å². The summed E-state index contributed by atoms with van der Waals surface area (Å²) in [7, 11) is 1.94. The van der Waals surface area contributed by atoms with Crippen LogP contribution in [0.3, 0.4) is 0 Å². The fraction of sp³-hybridized carbons (Fsp3) is 0.238. The average molecular weight is 424 g/mol. The summed E-state index contributed by atoms with van der Waals surface area (Å²) >= 11 is 5.96. The fourth-order valence-electron chi connectivity index (χ4n) is 3.72. The predicted octanol–water partition coefficient (Wildman–Crippen LogP) is 3.06. The average Bonchev–Trinajstić information content (AvgIpc) is 3.05. The van der Waals surface area contributed by atoms with Crippen molar-refractivity contribution in [2.45, 2.75) is 13.0 Å². The zero-order valence-electron chi connectivity index (χ0n) is 16.2. The number of hydrogen-bond donors (Lipinski definition) is 0. The summed E-state index contributed by atoms with van der Waals surface area (Å²) in [5.74, 6) is 0.589. The Morgan fingerprint density at radius 3 is 2.60 bits per heavy atom. The lowest BCUT2D eigenvalue weighted by Gasteiger charge is -2.33. The first-order valence-corrected chi connectivity index (χ1v) is 9.96. The second-order valence-corrected chi connectivity index (χ2v) is 7.64. The zero-order valence-corrected chi connectivity index (χ0v) is 17.0. The number of benzene rings is 2. The van der Waals surface area contributed by atoms with Crippen LogP contribution in [0, 0.1) is 0 Å². The maximum Gasteiger partial charge on any atom is 0.419 e. The van der Waals surface area contributed by atoms with Crippen molar-refractivity contribution >= 4 is 51.3 Å². The van der Waals surface area contributed by atoms with E-state index in [1.54, 1.807) is 23.1 Å². The van der Waals surface area contributed by atoms with Crippen molar-refractivity contribution in [2.24, 2.45) is 0 Å². The Bertz CT molecular complexity index is 1350. The predicted molar refractivity (Wildman–Crippen MR) is 115 cm³/mol. The highest BCUT2D eigenvalue weighted by Crippen LogP contribution is 2.31. The van der Waals surface area contributed by atoms with Gasteiger partial charge in [0.05, 0.1) is 16.6 Å². The first kappa shape index (κ1) is 18.6. The molecule has 30 heavy (non-hydrogen) atoms. The molecule has 4 aromatic rings. The van der Waals surface area contributed by atoms with Crippen molar-refractivity contribution in [3.05, 3.63) is 58.0 Å². The maximum atomic E-state index is 13.1. The van der Waals surface area contributed by atoms with Crippen molar-refractivity contribution in [1.82, 2.24) is 14.5 Å². The summed E-state index contributed by atoms with van der Waals surface area (Å²) < 4.78 is 6.70. The highest BCUT2D eigenvalue weighted by molar-refractivity contribution is 6.31. The number of hydrogen-bond acceptors (Lipinski definition) is 6. The lowest BCUT2D eigenvalue weighted by atomic mass is 10.2. The number of nitrogens with zero attached hydrogens (tertiary/aromatic N) is 5. The number of aromatic nitrogens is 3. The monoisotopic (exact) mass is 423 g/mol. The third-order valence-electron chi connectivity index (χ3n) is 5.29. The molecular weight excluding hydrogens is 406 g/mol. The van der Waals surface area contributed by atoms with Gasteiger partial charge in [-0.25, -0.2) is 14.8 Å². The number of aryl methyl sites for hydroxylation is 1. The van der Waals surface area contributed by atoms with E-state index >= 15 is 0 Å². The minimum absolute atomic E-state index is 0.121. The molecule has 0 saturated heterocycles. The van der Waals surface area contributed by atoms with Gasteiger partial charge in [0, 0.05) is 44.2 Å². The maximum absolute atomic E-state index is 13.1. The lowest BCUT2D eigenvalue weighted by molar-refractivity contribution is -0.118. The van der Waals surface area contributed by atoms with Crippen LogP contribution in [0.2, 0.25) is 5.02 Å². The molecule has 0 fully saturated rings. The first-order chi connectivity index (χ1) is 14.5. The number of carbonyl (C=O) groups excluding carboxylic acids is 1. The van der Waals surface area contributed by atoms with E-state index in [0.29, 0.717) is 40.8 Å². The van der Waals surface area contributed by atoms with Crippen LogP contribution in [0.25, 0.3) is 22.1 Å². The molecule has 0 saturated carbocycles. The number of para-hydroxylation sites is 2. The highest BCUT2D eigenvalue weighted by atomic mass is 35.5. The second-order valence-electron chi connectivity index (χ2n) is 7.21. The molecule has 2 aromatic carbocycles. The molecule has 5 rings (SSSR count). The second kappa shape index (κ2) is 7.14. The van der Waals surface area contributed by atoms with Gasteiger partial charge in [-0.1, -0.05) is 23.7 Å². The number of fused-ring (bicyclic) bond motifs is 3. The van der Waals surface area contributed by atoms with E-state index in [-0.39, 0.29) is 18.9 Å². The van der Waals surface area contributed by atoms with Crippen LogP contribution >= 0.6 is 11.6 Å². The van der Waals surface area contributed by atoms with Crippen LogP contribution in [-0.4, -0.2) is 40.6 Å². The molecule has 1 aliphatic rings. The van der Waals surface area contributed by atoms with Crippen LogP contribution in [0.15, 0.2) is 51.7 Å². The third-order valence-corrected chi connectivity index (χ3v) is 5.53. The number of anilines is 2. The lowest BCUT2D eigenvalue weighted by Crippen LogP contribution is -2.44. The molecule has 3 heterocycles. The van der Waals surface area contributed by atoms with Gasteiger partial charge in [-0.05, 0) is 24.3 Å². The molecule has 2 aromatic heterocycles. The van der Waals surface area contributed by atoms with E-state index in [2.05, 4.69) is 4.98 Å². The summed E-state index contributed by atoms with van der Waals surface area (Å²) in [6.45, 7) is 1.36. The van der Waals surface area contributed by atoms with E-state index in [0.717, 1.165) is 11.0 Å². The Morgan fingerprint density at radius 2 is 1.83 bits per heavy atom. The van der Waals surface area contributed by atoms with Crippen molar-refractivity contribution in [3.8, 4) is 0 Å². The number of oxazole rings is 1. The molecule has 1 aliphatic heterocycles. The molecule has 0 aliphatic carbocycles. The molecule has 0 atom stereocenters. The molecule has 0 unspecified atom stereocenters. The molecule has 9 heteroatoms. The van der Waals surface area contributed by atoms with E-state index < -0.39 is 5.76 Å². The number of halogens is 1. The summed E-state index contributed by atoms with van der Waals surface area (Å²) in [4.78, 5) is 38.3. The quantitative estimate of drug-likeness (QED) is 0.503. The molecule has 1 amide bonds. The van der Waals surface area contributed by atoms with Gasteiger partial charge in [0.25, 0.3) is 0 Å². The van der Waals surface area contributed by atoms with Gasteiger partial charge in [-0.3, -0.25) is 14.3 Å². The van der Waals surface area contributed by atoms with Gasteiger partial charge in [0.15, 0.2) is 17.2 Å². The van der Waals surface area contributed by atoms with Gasteiger partial charge in [-0.15, -0.1) is 0 Å². The van der Waals surface area contributed by atoms with E-state index in [1.807, 2.05) is 36.2 Å². The summed E-state index contributed by atoms with van der Waals surface area (Å²) in [5, 5.41) is 0.485. The smallest absolute Gasteiger partial charge is 0.408 e. The fourth-order valence-corrected chi connectivity index (χ4v) is 3.88. The van der Waals surface area contributed by atoms with Crippen LogP contribution in [0.4, 0.5) is 11.6 Å². The minimum Gasteiger partial charge on any atom is -0.408 e. The van der Waals surface area contributed by atoms with E-state index in [1.165, 1.54) is 4.57 Å². The molecule has 0 bridgehead atoms. The SMILES string of the molecule is CN1CCN(C(=O)CCn2c(=O)oc3cc(Cl)ccc32)c2nc3ccccc3nc21. The molecule has 152 valence electrons. The Hall–Kier alpha value is -3.39. The number of likely N-dealkylation sites (N-methyl/N-ethyl adjacent to an activating group) is 1.